The minimum Gasteiger partial charge on any atom is -0.351 e. The third-order valence-corrected chi connectivity index (χ3v) is 3.42. The van der Waals surface area contributed by atoms with Crippen LogP contribution in [0.25, 0.3) is 0 Å². The van der Waals surface area contributed by atoms with Gasteiger partial charge in [-0.1, -0.05) is 0 Å². The van der Waals surface area contributed by atoms with Crippen molar-refractivity contribution < 1.29 is 17.4 Å². The summed E-state index contributed by atoms with van der Waals surface area (Å²) in [4.78, 5) is 10.9. The highest BCUT2D eigenvalue weighted by molar-refractivity contribution is 7.85. The van der Waals surface area contributed by atoms with Crippen molar-refractivity contribution in [1.82, 2.24) is 5.32 Å². The lowest BCUT2D eigenvalue weighted by Crippen LogP contribution is -2.58. The molecule has 88 valence electrons. The second-order valence-corrected chi connectivity index (χ2v) is 5.97. The van der Waals surface area contributed by atoms with E-state index in [4.69, 9.17) is 4.18 Å². The molecule has 6 heteroatoms. The Bertz CT molecular complexity index is 351. The van der Waals surface area contributed by atoms with E-state index in [1.54, 1.807) is 0 Å². The molecule has 0 saturated heterocycles. The van der Waals surface area contributed by atoms with Gasteiger partial charge in [-0.3, -0.25) is 8.98 Å². The Labute approximate surface area is 90.3 Å². The van der Waals surface area contributed by atoms with Gasteiger partial charge in [0.15, 0.2) is 0 Å². The molecule has 2 atom stereocenters. The van der Waals surface area contributed by atoms with E-state index in [1.807, 2.05) is 6.92 Å². The van der Waals surface area contributed by atoms with Crippen LogP contribution in [0.2, 0.25) is 0 Å². The van der Waals surface area contributed by atoms with Crippen molar-refractivity contribution in [2.24, 2.45) is 5.92 Å². The Hall–Kier alpha value is -0.620. The summed E-state index contributed by atoms with van der Waals surface area (Å²) in [6.45, 7) is 3.52. The average Bonchev–Trinajstić information content (AvgIpc) is 1.99. The number of carbonyl (C=O) groups excluding carboxylic acids is 1. The summed E-state index contributed by atoms with van der Waals surface area (Å²) < 4.78 is 26.3. The average molecular weight is 235 g/mol. The molecule has 0 heterocycles. The van der Waals surface area contributed by atoms with Gasteiger partial charge in [0.2, 0.25) is 5.91 Å². The van der Waals surface area contributed by atoms with Crippen LogP contribution in [0.3, 0.4) is 0 Å². The fourth-order valence-corrected chi connectivity index (χ4v) is 2.23. The Balaban J connectivity index is 2.48. The SMILES string of the molecule is CC(=O)N[C@]1(C)CCC1COS(C)(=O)=O. The molecule has 1 saturated carbocycles. The standard InChI is InChI=1S/C9H17NO4S/c1-7(11)10-9(2)5-4-8(9)6-14-15(3,12)13/h8H,4-6H2,1-3H3,(H,10,11)/t8?,9-/m1/s1. The molecule has 15 heavy (non-hydrogen) atoms. The van der Waals surface area contributed by atoms with Gasteiger partial charge in [0, 0.05) is 18.4 Å². The first-order valence-corrected chi connectivity index (χ1v) is 6.68. The van der Waals surface area contributed by atoms with Crippen molar-refractivity contribution in [2.75, 3.05) is 12.9 Å². The Morgan fingerprint density at radius 2 is 2.20 bits per heavy atom. The Morgan fingerprint density at radius 3 is 2.53 bits per heavy atom. The molecule has 0 aromatic heterocycles. The summed E-state index contributed by atoms with van der Waals surface area (Å²) in [5.41, 5.74) is -0.309. The molecule has 0 radical (unpaired) electrons. The van der Waals surface area contributed by atoms with Gasteiger partial charge in [-0.15, -0.1) is 0 Å². The number of rotatable bonds is 4. The van der Waals surface area contributed by atoms with E-state index < -0.39 is 10.1 Å². The molecule has 1 fully saturated rings. The maximum Gasteiger partial charge on any atom is 0.264 e. The molecule has 1 rings (SSSR count). The molecule has 0 aromatic rings. The highest BCUT2D eigenvalue weighted by Crippen LogP contribution is 2.38. The van der Waals surface area contributed by atoms with Gasteiger partial charge in [0.05, 0.1) is 12.9 Å². The van der Waals surface area contributed by atoms with Crippen molar-refractivity contribution in [3.8, 4) is 0 Å². The van der Waals surface area contributed by atoms with Crippen molar-refractivity contribution >= 4 is 16.0 Å². The van der Waals surface area contributed by atoms with Crippen LogP contribution in [-0.4, -0.2) is 32.7 Å². The predicted molar refractivity (Wildman–Crippen MR) is 55.7 cm³/mol. The number of hydrogen-bond donors (Lipinski definition) is 1. The van der Waals surface area contributed by atoms with E-state index >= 15 is 0 Å². The first-order chi connectivity index (χ1) is 6.73. The lowest BCUT2D eigenvalue weighted by molar-refractivity contribution is -0.123. The van der Waals surface area contributed by atoms with Crippen LogP contribution in [0.15, 0.2) is 0 Å². The third-order valence-electron chi connectivity index (χ3n) is 2.86. The van der Waals surface area contributed by atoms with Gasteiger partial charge >= 0.3 is 0 Å². The molecular formula is C9H17NO4S. The molecule has 1 aliphatic rings. The first-order valence-electron chi connectivity index (χ1n) is 4.86. The molecule has 0 aromatic carbocycles. The monoisotopic (exact) mass is 235 g/mol. The molecule has 1 N–H and O–H groups in total. The largest absolute Gasteiger partial charge is 0.351 e. The van der Waals surface area contributed by atoms with E-state index in [9.17, 15) is 13.2 Å². The highest BCUT2D eigenvalue weighted by Gasteiger charge is 2.43. The smallest absolute Gasteiger partial charge is 0.264 e. The summed E-state index contributed by atoms with van der Waals surface area (Å²) >= 11 is 0. The highest BCUT2D eigenvalue weighted by atomic mass is 32.2. The van der Waals surface area contributed by atoms with Crippen LogP contribution in [-0.2, 0) is 19.1 Å². The zero-order valence-electron chi connectivity index (χ0n) is 9.24. The van der Waals surface area contributed by atoms with Crippen molar-refractivity contribution in [3.05, 3.63) is 0 Å². The van der Waals surface area contributed by atoms with E-state index in [1.165, 1.54) is 6.92 Å². The van der Waals surface area contributed by atoms with Gasteiger partial charge in [-0.25, -0.2) is 0 Å². The van der Waals surface area contributed by atoms with Crippen molar-refractivity contribution in [3.63, 3.8) is 0 Å². The molecule has 0 aliphatic heterocycles. The second-order valence-electron chi connectivity index (χ2n) is 4.32. The molecule has 0 spiro atoms. The van der Waals surface area contributed by atoms with Crippen LogP contribution >= 0.6 is 0 Å². The van der Waals surface area contributed by atoms with Crippen LogP contribution in [0.1, 0.15) is 26.7 Å². The lowest BCUT2D eigenvalue weighted by Gasteiger charge is -2.47. The molecular weight excluding hydrogens is 218 g/mol. The number of carbonyl (C=O) groups is 1. The number of nitrogens with one attached hydrogen (secondary N) is 1. The summed E-state index contributed by atoms with van der Waals surface area (Å²) in [5.74, 6) is -0.0160. The fourth-order valence-electron chi connectivity index (χ4n) is 1.82. The van der Waals surface area contributed by atoms with Gasteiger partial charge in [-0.05, 0) is 19.8 Å². The van der Waals surface area contributed by atoms with Gasteiger partial charge < -0.3 is 5.32 Å². The van der Waals surface area contributed by atoms with Crippen LogP contribution < -0.4 is 5.32 Å². The second kappa shape index (κ2) is 4.09. The van der Waals surface area contributed by atoms with E-state index in [2.05, 4.69) is 5.32 Å². The van der Waals surface area contributed by atoms with Gasteiger partial charge in [0.25, 0.3) is 10.1 Å². The van der Waals surface area contributed by atoms with Gasteiger partial charge in [-0.2, -0.15) is 8.42 Å². The first kappa shape index (κ1) is 12.4. The zero-order valence-corrected chi connectivity index (χ0v) is 10.1. The van der Waals surface area contributed by atoms with Crippen LogP contribution in [0.4, 0.5) is 0 Å². The third kappa shape index (κ3) is 3.46. The predicted octanol–water partition coefficient (Wildman–Crippen LogP) is 0.267. The van der Waals surface area contributed by atoms with E-state index in [0.29, 0.717) is 0 Å². The normalized spacial score (nSPS) is 30.7. The van der Waals surface area contributed by atoms with E-state index in [0.717, 1.165) is 19.1 Å². The Morgan fingerprint density at radius 1 is 1.60 bits per heavy atom. The maximum absolute atomic E-state index is 10.9. The number of amides is 1. The van der Waals surface area contributed by atoms with E-state index in [-0.39, 0.29) is 24.0 Å². The summed E-state index contributed by atoms with van der Waals surface area (Å²) in [7, 11) is -3.39. The summed E-state index contributed by atoms with van der Waals surface area (Å²) in [5, 5.41) is 2.83. The minimum absolute atomic E-state index is 0.0797. The lowest BCUT2D eigenvalue weighted by atomic mass is 9.68. The molecule has 1 amide bonds. The van der Waals surface area contributed by atoms with Crippen LogP contribution in [0, 0.1) is 5.92 Å². The molecule has 5 nitrogen and oxygen atoms in total. The molecule has 1 unspecified atom stereocenters. The fraction of sp³-hybridized carbons (Fsp3) is 0.889. The Kier molecular flexibility index (Phi) is 3.40. The van der Waals surface area contributed by atoms with Crippen molar-refractivity contribution in [2.45, 2.75) is 32.2 Å². The summed E-state index contributed by atoms with van der Waals surface area (Å²) in [6.07, 6.45) is 2.78. The van der Waals surface area contributed by atoms with Gasteiger partial charge in [0.1, 0.15) is 0 Å². The molecule has 0 bridgehead atoms. The quantitative estimate of drug-likeness (QED) is 0.710. The molecule has 1 aliphatic carbocycles. The number of hydrogen-bond acceptors (Lipinski definition) is 4. The topological polar surface area (TPSA) is 72.5 Å². The van der Waals surface area contributed by atoms with Crippen molar-refractivity contribution in [1.29, 1.82) is 0 Å². The maximum atomic E-state index is 10.9. The van der Waals surface area contributed by atoms with Crippen LogP contribution in [0.5, 0.6) is 0 Å². The zero-order chi connectivity index (χ0) is 11.7. The minimum atomic E-state index is -3.39. The summed E-state index contributed by atoms with van der Waals surface area (Å²) in [6, 6.07) is 0.